The third-order valence-electron chi connectivity index (χ3n) is 5.52. The van der Waals surface area contributed by atoms with Crippen LogP contribution in [0.25, 0.3) is 0 Å². The van der Waals surface area contributed by atoms with Crippen LogP contribution in [0.1, 0.15) is 50.3 Å². The molecule has 0 bridgehead atoms. The topological polar surface area (TPSA) is 59.0 Å². The molecule has 2 unspecified atom stereocenters. The molecule has 2 aromatic rings. The number of rotatable bonds is 9. The third-order valence-corrected chi connectivity index (χ3v) is 5.52. The lowest BCUT2D eigenvalue weighted by atomic mass is 9.93. The predicted octanol–water partition coefficient (Wildman–Crippen LogP) is 4.91. The van der Waals surface area contributed by atoms with Crippen LogP contribution in [0.3, 0.4) is 0 Å². The number of benzene rings is 2. The van der Waals surface area contributed by atoms with Crippen LogP contribution in [0.4, 0.5) is 0 Å². The van der Waals surface area contributed by atoms with Gasteiger partial charge in [-0.05, 0) is 56.0 Å². The number of carbonyl (C=O) groups is 1. The molecule has 5 nitrogen and oxygen atoms in total. The maximum atomic E-state index is 11.5. The number of nitrogens with zero attached hydrogens (tertiary/aromatic N) is 1. The number of aliphatic carboxylic acids is 1. The molecule has 0 radical (unpaired) electrons. The van der Waals surface area contributed by atoms with Gasteiger partial charge in [-0.1, -0.05) is 43.3 Å². The van der Waals surface area contributed by atoms with Crippen molar-refractivity contribution in [3.8, 4) is 11.5 Å². The van der Waals surface area contributed by atoms with Crippen molar-refractivity contribution in [1.29, 1.82) is 0 Å². The molecule has 2 aromatic carbocycles. The maximum absolute atomic E-state index is 11.5. The van der Waals surface area contributed by atoms with E-state index >= 15 is 0 Å². The summed E-state index contributed by atoms with van der Waals surface area (Å²) in [4.78, 5) is 13.8. The van der Waals surface area contributed by atoms with Crippen LogP contribution < -0.4 is 9.47 Å². The molecule has 0 aliphatic carbocycles. The number of hydrogen-bond donors (Lipinski definition) is 1. The first-order valence-corrected chi connectivity index (χ1v) is 10.5. The van der Waals surface area contributed by atoms with Gasteiger partial charge in [0, 0.05) is 12.6 Å². The minimum atomic E-state index is -0.691. The molecule has 0 amide bonds. The molecular formula is C24H31NO4. The molecule has 0 aromatic heterocycles. The van der Waals surface area contributed by atoms with Crippen molar-refractivity contribution in [3.63, 3.8) is 0 Å². The first-order valence-electron chi connectivity index (χ1n) is 10.5. The van der Waals surface area contributed by atoms with E-state index in [1.165, 1.54) is 0 Å². The summed E-state index contributed by atoms with van der Waals surface area (Å²) in [5.41, 5.74) is 2.26. The molecule has 1 heterocycles. The Morgan fingerprint density at radius 2 is 1.93 bits per heavy atom. The van der Waals surface area contributed by atoms with E-state index in [-0.39, 0.29) is 12.0 Å². The smallest absolute Gasteiger partial charge is 0.307 e. The highest BCUT2D eigenvalue weighted by Crippen LogP contribution is 2.35. The Morgan fingerprint density at radius 3 is 2.62 bits per heavy atom. The molecule has 156 valence electrons. The van der Waals surface area contributed by atoms with E-state index in [1.54, 1.807) is 0 Å². The summed E-state index contributed by atoms with van der Waals surface area (Å²) in [6, 6.07) is 16.4. The zero-order chi connectivity index (χ0) is 20.6. The number of carboxylic acids is 1. The van der Waals surface area contributed by atoms with Crippen LogP contribution in [0.15, 0.2) is 48.5 Å². The fourth-order valence-corrected chi connectivity index (χ4v) is 4.05. The van der Waals surface area contributed by atoms with Crippen molar-refractivity contribution in [3.05, 3.63) is 59.7 Å². The first kappa shape index (κ1) is 21.2. The largest absolute Gasteiger partial charge is 0.490 e. The number of hydrogen-bond acceptors (Lipinski definition) is 4. The molecule has 0 saturated carbocycles. The summed E-state index contributed by atoms with van der Waals surface area (Å²) < 4.78 is 11.9. The molecule has 1 aliphatic rings. The van der Waals surface area contributed by atoms with Gasteiger partial charge in [-0.25, -0.2) is 0 Å². The van der Waals surface area contributed by atoms with Gasteiger partial charge < -0.3 is 14.6 Å². The number of piperidine rings is 1. The van der Waals surface area contributed by atoms with E-state index in [0.29, 0.717) is 19.8 Å². The number of likely N-dealkylation sites (tertiary alicyclic amines) is 1. The van der Waals surface area contributed by atoms with Crippen molar-refractivity contribution in [1.82, 2.24) is 4.90 Å². The molecule has 3 rings (SSSR count). The monoisotopic (exact) mass is 397 g/mol. The second-order valence-corrected chi connectivity index (χ2v) is 7.51. The van der Waals surface area contributed by atoms with Crippen molar-refractivity contribution in [2.45, 2.75) is 45.8 Å². The van der Waals surface area contributed by atoms with Gasteiger partial charge in [0.05, 0.1) is 12.5 Å². The van der Waals surface area contributed by atoms with E-state index in [2.05, 4.69) is 24.0 Å². The van der Waals surface area contributed by atoms with Gasteiger partial charge in [0.1, 0.15) is 6.61 Å². The fraction of sp³-hybridized carbons (Fsp3) is 0.458. The van der Waals surface area contributed by atoms with Crippen molar-refractivity contribution >= 4 is 5.97 Å². The highest BCUT2D eigenvalue weighted by Gasteiger charge is 2.30. The van der Waals surface area contributed by atoms with Crippen LogP contribution in [-0.4, -0.2) is 35.7 Å². The molecule has 1 fully saturated rings. The quantitative estimate of drug-likeness (QED) is 0.651. The SMILES string of the molecule is CCOc1cc(C(CC)N2CCCC(C(=O)O)C2)ccc1OCc1ccccc1. The summed E-state index contributed by atoms with van der Waals surface area (Å²) in [7, 11) is 0. The average molecular weight is 398 g/mol. The first-order chi connectivity index (χ1) is 14.1. The van der Waals surface area contributed by atoms with E-state index in [0.717, 1.165) is 48.4 Å². The van der Waals surface area contributed by atoms with E-state index in [9.17, 15) is 9.90 Å². The Labute approximate surface area is 173 Å². The summed E-state index contributed by atoms with van der Waals surface area (Å²) in [6.45, 7) is 6.70. The van der Waals surface area contributed by atoms with E-state index in [4.69, 9.17) is 9.47 Å². The fourth-order valence-electron chi connectivity index (χ4n) is 4.05. The Balaban J connectivity index is 1.77. The standard InChI is InChI=1S/C24H31NO4/c1-3-21(25-14-8-11-20(16-25)24(26)27)19-12-13-22(23(15-19)28-4-2)29-17-18-9-6-5-7-10-18/h5-7,9-10,12-13,15,20-21H,3-4,8,11,14,16-17H2,1-2H3,(H,26,27). The molecular weight excluding hydrogens is 366 g/mol. The Hall–Kier alpha value is -2.53. The second-order valence-electron chi connectivity index (χ2n) is 7.51. The van der Waals surface area contributed by atoms with Gasteiger partial charge in [0.25, 0.3) is 0 Å². The molecule has 1 saturated heterocycles. The summed E-state index contributed by atoms with van der Waals surface area (Å²) in [5.74, 6) is 0.504. The average Bonchev–Trinajstić information content (AvgIpc) is 2.75. The minimum absolute atomic E-state index is 0.180. The van der Waals surface area contributed by atoms with Crippen LogP contribution in [0.2, 0.25) is 0 Å². The molecule has 29 heavy (non-hydrogen) atoms. The van der Waals surface area contributed by atoms with E-state index < -0.39 is 5.97 Å². The van der Waals surface area contributed by atoms with Gasteiger partial charge >= 0.3 is 5.97 Å². The van der Waals surface area contributed by atoms with Gasteiger partial charge in [-0.15, -0.1) is 0 Å². The van der Waals surface area contributed by atoms with E-state index in [1.807, 2.05) is 43.3 Å². The maximum Gasteiger partial charge on any atom is 0.307 e. The van der Waals surface area contributed by atoms with Crippen molar-refractivity contribution < 1.29 is 19.4 Å². The molecule has 1 N–H and O–H groups in total. The highest BCUT2D eigenvalue weighted by molar-refractivity contribution is 5.70. The second kappa shape index (κ2) is 10.3. The van der Waals surface area contributed by atoms with Crippen LogP contribution in [-0.2, 0) is 11.4 Å². The summed E-state index contributed by atoms with van der Waals surface area (Å²) >= 11 is 0. The Morgan fingerprint density at radius 1 is 1.14 bits per heavy atom. The van der Waals surface area contributed by atoms with Crippen molar-refractivity contribution in [2.75, 3.05) is 19.7 Å². The van der Waals surface area contributed by atoms with Gasteiger partial charge in [-0.3, -0.25) is 9.69 Å². The predicted molar refractivity (Wildman–Crippen MR) is 113 cm³/mol. The summed E-state index contributed by atoms with van der Waals surface area (Å²) in [6.07, 6.45) is 2.60. The lowest BCUT2D eigenvalue weighted by Crippen LogP contribution is -2.40. The van der Waals surface area contributed by atoms with Gasteiger partial charge in [-0.2, -0.15) is 0 Å². The molecule has 5 heteroatoms. The lowest BCUT2D eigenvalue weighted by Gasteiger charge is -2.37. The lowest BCUT2D eigenvalue weighted by molar-refractivity contribution is -0.144. The minimum Gasteiger partial charge on any atom is -0.490 e. The Bertz CT molecular complexity index is 793. The van der Waals surface area contributed by atoms with Gasteiger partial charge in [0.15, 0.2) is 11.5 Å². The molecule has 1 aliphatic heterocycles. The highest BCUT2D eigenvalue weighted by atomic mass is 16.5. The Kier molecular flexibility index (Phi) is 7.53. The van der Waals surface area contributed by atoms with Crippen LogP contribution >= 0.6 is 0 Å². The van der Waals surface area contributed by atoms with Crippen molar-refractivity contribution in [2.24, 2.45) is 5.92 Å². The normalized spacial score (nSPS) is 18.2. The van der Waals surface area contributed by atoms with Crippen LogP contribution in [0.5, 0.6) is 11.5 Å². The third kappa shape index (κ3) is 5.51. The number of ether oxygens (including phenoxy) is 2. The van der Waals surface area contributed by atoms with Gasteiger partial charge in [0.2, 0.25) is 0 Å². The molecule has 0 spiro atoms. The zero-order valence-corrected chi connectivity index (χ0v) is 17.3. The number of carboxylic acid groups (broad SMARTS) is 1. The van der Waals surface area contributed by atoms with Crippen LogP contribution in [0, 0.1) is 5.92 Å². The summed E-state index contributed by atoms with van der Waals surface area (Å²) in [5, 5.41) is 9.42. The molecule has 2 atom stereocenters. The zero-order valence-electron chi connectivity index (χ0n) is 17.3.